The second-order valence-corrected chi connectivity index (χ2v) is 9.19. The Bertz CT molecular complexity index is 1500. The summed E-state index contributed by atoms with van der Waals surface area (Å²) in [5, 5.41) is 0.456. The van der Waals surface area contributed by atoms with Crippen LogP contribution >= 0.6 is 0 Å². The number of halogens is 1. The van der Waals surface area contributed by atoms with Gasteiger partial charge in [-0.1, -0.05) is 60.2 Å². The summed E-state index contributed by atoms with van der Waals surface area (Å²) in [4.78, 5) is 42.8. The molecule has 0 spiro atoms. The van der Waals surface area contributed by atoms with Crippen LogP contribution in [-0.2, 0) is 29.1 Å². The number of rotatable bonds is 10. The van der Waals surface area contributed by atoms with Crippen LogP contribution in [0.1, 0.15) is 22.3 Å². The van der Waals surface area contributed by atoms with E-state index in [0.717, 1.165) is 11.1 Å². The molecule has 1 aromatic heterocycles. The Kier molecular flexibility index (Phi) is 8.48. The quantitative estimate of drug-likeness (QED) is 0.280. The lowest BCUT2D eigenvalue weighted by molar-refractivity contribution is -0.140. The Hall–Kier alpha value is -4.52. The highest BCUT2D eigenvalue weighted by molar-refractivity contribution is 5.86. The van der Waals surface area contributed by atoms with E-state index in [1.54, 1.807) is 35.2 Å². The molecule has 0 unspecified atom stereocenters. The minimum atomic E-state index is -0.385. The van der Waals surface area contributed by atoms with Crippen molar-refractivity contribution in [3.8, 4) is 0 Å². The largest absolute Gasteiger partial charge is 0.464 e. The molecule has 0 aliphatic carbocycles. The third kappa shape index (κ3) is 6.62. The van der Waals surface area contributed by atoms with E-state index in [1.807, 2.05) is 43.3 Å². The van der Waals surface area contributed by atoms with Gasteiger partial charge in [0.1, 0.15) is 17.9 Å². The number of amides is 2. The predicted octanol–water partition coefficient (Wildman–Crippen LogP) is 5.03. The number of benzene rings is 3. The van der Waals surface area contributed by atoms with Crippen molar-refractivity contribution < 1.29 is 18.4 Å². The molecule has 4 rings (SSSR count). The highest BCUT2D eigenvalue weighted by atomic mass is 19.1. The lowest BCUT2D eigenvalue weighted by Crippen LogP contribution is -2.43. The number of aryl methyl sites for hydroxylation is 1. The molecule has 0 saturated carbocycles. The average Bonchev–Trinajstić information content (AvgIpc) is 2.91. The summed E-state index contributed by atoms with van der Waals surface area (Å²) < 4.78 is 19.0. The van der Waals surface area contributed by atoms with Crippen LogP contribution in [0.2, 0.25) is 0 Å². The Labute approximate surface area is 220 Å². The lowest BCUT2D eigenvalue weighted by Gasteiger charge is -2.27. The van der Waals surface area contributed by atoms with Gasteiger partial charge in [-0.2, -0.15) is 0 Å². The van der Waals surface area contributed by atoms with Gasteiger partial charge in [0.2, 0.25) is 11.8 Å². The van der Waals surface area contributed by atoms with Crippen molar-refractivity contribution in [3.05, 3.63) is 130 Å². The molecule has 0 bridgehead atoms. The van der Waals surface area contributed by atoms with E-state index in [-0.39, 0.29) is 55.7 Å². The maximum absolute atomic E-state index is 13.6. The third-order valence-electron chi connectivity index (χ3n) is 6.23. The van der Waals surface area contributed by atoms with Crippen LogP contribution in [0.5, 0.6) is 0 Å². The lowest BCUT2D eigenvalue weighted by atomic mass is 10.1. The number of carbonyl (C=O) groups excluding carboxylic acids is 2. The normalized spacial score (nSPS) is 10.8. The summed E-state index contributed by atoms with van der Waals surface area (Å²) in [6.45, 7) is 5.85. The van der Waals surface area contributed by atoms with Gasteiger partial charge in [0.05, 0.1) is 30.2 Å². The van der Waals surface area contributed by atoms with Crippen LogP contribution in [0, 0.1) is 12.7 Å². The molecule has 2 amide bonds. The topological polar surface area (TPSA) is 70.8 Å². The number of nitrogens with zero attached hydrogens (tertiary/aromatic N) is 2. The molecule has 4 aromatic rings. The summed E-state index contributed by atoms with van der Waals surface area (Å²) in [6.07, 6.45) is 2.97. The molecule has 0 atom stereocenters. The van der Waals surface area contributed by atoms with Crippen molar-refractivity contribution in [3.63, 3.8) is 0 Å². The molecule has 0 radical (unpaired) electrons. The monoisotopic (exact) mass is 512 g/mol. The van der Waals surface area contributed by atoms with Crippen LogP contribution < -0.4 is 5.43 Å². The molecule has 0 N–H and O–H groups in total. The minimum absolute atomic E-state index is 0.0215. The molecular weight excluding hydrogens is 483 g/mol. The number of fused-ring (bicyclic) bond motifs is 1. The number of hydrogen-bond donors (Lipinski definition) is 0. The highest BCUT2D eigenvalue weighted by Crippen LogP contribution is 2.16. The van der Waals surface area contributed by atoms with Gasteiger partial charge in [-0.25, -0.2) is 4.39 Å². The summed E-state index contributed by atoms with van der Waals surface area (Å²) in [6, 6.07) is 20.5. The average molecular weight is 513 g/mol. The first-order chi connectivity index (χ1) is 18.3. The molecule has 38 heavy (non-hydrogen) atoms. The Balaban J connectivity index is 1.58. The minimum Gasteiger partial charge on any atom is -0.464 e. The molecule has 194 valence electrons. The van der Waals surface area contributed by atoms with Crippen molar-refractivity contribution in [2.24, 2.45) is 0 Å². The maximum Gasteiger partial charge on any atom is 0.242 e. The second-order valence-electron chi connectivity index (χ2n) is 9.19. The standard InChI is InChI=1S/C31H29FN2O4/c1-3-15-33(29(35)17-23-10-12-26(32)13-11-23)20-30(36)34(18-24-7-5-4-6-8-24)19-25-21-38-28-14-9-22(2)16-27(28)31(25)37/h3-14,16,21H,1,15,17-20H2,2H3. The van der Waals surface area contributed by atoms with E-state index in [0.29, 0.717) is 22.1 Å². The van der Waals surface area contributed by atoms with Crippen molar-refractivity contribution >= 4 is 22.8 Å². The van der Waals surface area contributed by atoms with Crippen molar-refractivity contribution in [2.45, 2.75) is 26.4 Å². The fourth-order valence-corrected chi connectivity index (χ4v) is 4.20. The van der Waals surface area contributed by atoms with Crippen LogP contribution in [0.15, 0.2) is 101 Å². The smallest absolute Gasteiger partial charge is 0.242 e. The maximum atomic E-state index is 13.6. The second kappa shape index (κ2) is 12.1. The Morgan fingerprint density at radius 1 is 0.921 bits per heavy atom. The summed E-state index contributed by atoms with van der Waals surface area (Å²) in [5.74, 6) is -0.999. The first kappa shape index (κ1) is 26.5. The molecule has 3 aromatic carbocycles. The summed E-state index contributed by atoms with van der Waals surface area (Å²) >= 11 is 0. The van der Waals surface area contributed by atoms with Gasteiger partial charge in [0, 0.05) is 13.1 Å². The van der Waals surface area contributed by atoms with Gasteiger partial charge < -0.3 is 14.2 Å². The van der Waals surface area contributed by atoms with E-state index in [2.05, 4.69) is 6.58 Å². The highest BCUT2D eigenvalue weighted by Gasteiger charge is 2.23. The third-order valence-corrected chi connectivity index (χ3v) is 6.23. The number of carbonyl (C=O) groups is 2. The first-order valence-electron chi connectivity index (χ1n) is 12.3. The molecule has 0 fully saturated rings. The van der Waals surface area contributed by atoms with Gasteiger partial charge in [-0.3, -0.25) is 14.4 Å². The molecule has 0 aliphatic rings. The van der Waals surface area contributed by atoms with Crippen LogP contribution in [0.3, 0.4) is 0 Å². The van der Waals surface area contributed by atoms with Crippen molar-refractivity contribution in [1.29, 1.82) is 0 Å². The Morgan fingerprint density at radius 2 is 1.66 bits per heavy atom. The van der Waals surface area contributed by atoms with Gasteiger partial charge in [0.15, 0.2) is 5.43 Å². The molecule has 0 saturated heterocycles. The van der Waals surface area contributed by atoms with E-state index >= 15 is 0 Å². The summed E-state index contributed by atoms with van der Waals surface area (Å²) in [5.41, 5.74) is 3.09. The van der Waals surface area contributed by atoms with Gasteiger partial charge >= 0.3 is 0 Å². The Morgan fingerprint density at radius 3 is 2.37 bits per heavy atom. The fraction of sp³-hybridized carbons (Fsp3) is 0.194. The molecular formula is C31H29FN2O4. The van der Waals surface area contributed by atoms with Crippen LogP contribution in [0.4, 0.5) is 4.39 Å². The van der Waals surface area contributed by atoms with Gasteiger partial charge in [-0.15, -0.1) is 6.58 Å². The van der Waals surface area contributed by atoms with Crippen molar-refractivity contribution in [2.75, 3.05) is 13.1 Å². The first-order valence-corrected chi connectivity index (χ1v) is 12.3. The fourth-order valence-electron chi connectivity index (χ4n) is 4.20. The van der Waals surface area contributed by atoms with Crippen LogP contribution in [-0.4, -0.2) is 34.7 Å². The number of hydrogen-bond acceptors (Lipinski definition) is 4. The zero-order valence-corrected chi connectivity index (χ0v) is 21.2. The SMILES string of the molecule is C=CCN(CC(=O)N(Cc1ccccc1)Cc1coc2ccc(C)cc2c1=O)C(=O)Cc1ccc(F)cc1. The zero-order chi connectivity index (χ0) is 27.1. The molecule has 6 nitrogen and oxygen atoms in total. The van der Waals surface area contributed by atoms with E-state index in [9.17, 15) is 18.8 Å². The van der Waals surface area contributed by atoms with Crippen molar-refractivity contribution in [1.82, 2.24) is 9.80 Å². The molecule has 7 heteroatoms. The zero-order valence-electron chi connectivity index (χ0n) is 21.2. The van der Waals surface area contributed by atoms with E-state index in [1.165, 1.54) is 23.3 Å². The van der Waals surface area contributed by atoms with E-state index < -0.39 is 0 Å². The van der Waals surface area contributed by atoms with Crippen LogP contribution in [0.25, 0.3) is 11.0 Å². The van der Waals surface area contributed by atoms with E-state index in [4.69, 9.17) is 4.42 Å². The van der Waals surface area contributed by atoms with Gasteiger partial charge in [-0.05, 0) is 42.3 Å². The van der Waals surface area contributed by atoms with Gasteiger partial charge in [0.25, 0.3) is 0 Å². The molecule has 0 aliphatic heterocycles. The molecule has 1 heterocycles. The predicted molar refractivity (Wildman–Crippen MR) is 145 cm³/mol. The summed E-state index contributed by atoms with van der Waals surface area (Å²) in [7, 11) is 0.